The zero-order valence-corrected chi connectivity index (χ0v) is 8.27. The topological polar surface area (TPSA) is 52.0 Å². The highest BCUT2D eigenvalue weighted by Gasteiger charge is 2.06. The molecule has 1 rings (SSSR count). The third kappa shape index (κ3) is 2.90. The molecule has 0 amide bonds. The first-order chi connectivity index (χ1) is 6.13. The summed E-state index contributed by atoms with van der Waals surface area (Å²) in [6, 6.07) is 4.70. The van der Waals surface area contributed by atoms with Crippen molar-refractivity contribution in [3.8, 4) is 0 Å². The number of nitrogens with two attached hydrogens (primary N) is 2. The van der Waals surface area contributed by atoms with Gasteiger partial charge in [0.15, 0.2) is 0 Å². The van der Waals surface area contributed by atoms with Gasteiger partial charge in [-0.3, -0.25) is 0 Å². The second kappa shape index (κ2) is 4.48. The highest BCUT2D eigenvalue weighted by Crippen LogP contribution is 2.26. The molecule has 13 heavy (non-hydrogen) atoms. The van der Waals surface area contributed by atoms with Crippen LogP contribution in [0.5, 0.6) is 0 Å². The molecule has 0 fully saturated rings. The minimum atomic E-state index is -0.273. The van der Waals surface area contributed by atoms with E-state index in [0.29, 0.717) is 17.1 Å². The first kappa shape index (κ1) is 10.3. The van der Waals surface area contributed by atoms with Gasteiger partial charge in [-0.15, -0.1) is 11.8 Å². The smallest absolute Gasteiger partial charge is 0.138 e. The molecule has 4 N–H and O–H groups in total. The summed E-state index contributed by atoms with van der Waals surface area (Å²) in [6.45, 7) is 2.49. The lowest BCUT2D eigenvalue weighted by Gasteiger charge is -2.08. The fraction of sp³-hybridized carbons (Fsp3) is 0.333. The van der Waals surface area contributed by atoms with E-state index in [1.54, 1.807) is 12.1 Å². The molecular weight excluding hydrogens is 187 g/mol. The van der Waals surface area contributed by atoms with Gasteiger partial charge >= 0.3 is 0 Å². The summed E-state index contributed by atoms with van der Waals surface area (Å²) < 4.78 is 13.2. The van der Waals surface area contributed by atoms with Gasteiger partial charge in [-0.05, 0) is 18.2 Å². The zero-order chi connectivity index (χ0) is 9.84. The highest BCUT2D eigenvalue weighted by atomic mass is 32.2. The molecule has 2 nitrogen and oxygen atoms in total. The lowest BCUT2D eigenvalue weighted by Crippen LogP contribution is -2.12. The quantitative estimate of drug-likeness (QED) is 0.578. The predicted molar refractivity (Wildman–Crippen MR) is 55.2 cm³/mol. The summed E-state index contributed by atoms with van der Waals surface area (Å²) in [7, 11) is 0. The molecule has 1 aromatic carbocycles. The van der Waals surface area contributed by atoms with Crippen molar-refractivity contribution in [2.45, 2.75) is 17.1 Å². The molecule has 0 saturated heterocycles. The number of thioether (sulfide) groups is 1. The van der Waals surface area contributed by atoms with Gasteiger partial charge in [-0.2, -0.15) is 0 Å². The number of benzene rings is 1. The monoisotopic (exact) mass is 200 g/mol. The summed E-state index contributed by atoms with van der Waals surface area (Å²) in [5, 5.41) is 0.220. The van der Waals surface area contributed by atoms with Crippen LogP contribution in [0.3, 0.4) is 0 Å². The highest BCUT2D eigenvalue weighted by molar-refractivity contribution is 8.00. The van der Waals surface area contributed by atoms with Crippen molar-refractivity contribution in [3.05, 3.63) is 24.0 Å². The molecule has 0 heterocycles. The number of hydrogen-bond donors (Lipinski definition) is 2. The Labute approximate surface area is 81.5 Å². The molecule has 1 atom stereocenters. The lowest BCUT2D eigenvalue weighted by molar-refractivity contribution is 0.602. The average molecular weight is 200 g/mol. The molecule has 0 saturated carbocycles. The minimum Gasteiger partial charge on any atom is -0.399 e. The Morgan fingerprint density at radius 2 is 2.23 bits per heavy atom. The van der Waals surface area contributed by atoms with E-state index < -0.39 is 0 Å². The molecule has 0 aliphatic carbocycles. The van der Waals surface area contributed by atoms with Crippen LogP contribution >= 0.6 is 11.8 Å². The maximum Gasteiger partial charge on any atom is 0.138 e. The van der Waals surface area contributed by atoms with Gasteiger partial charge in [0.2, 0.25) is 0 Å². The van der Waals surface area contributed by atoms with E-state index in [1.165, 1.54) is 17.8 Å². The van der Waals surface area contributed by atoms with Crippen LogP contribution in [0.4, 0.5) is 10.1 Å². The average Bonchev–Trinajstić information content (AvgIpc) is 2.09. The van der Waals surface area contributed by atoms with Gasteiger partial charge in [0.25, 0.3) is 0 Å². The van der Waals surface area contributed by atoms with E-state index in [0.717, 1.165) is 0 Å². The molecule has 0 spiro atoms. The fourth-order valence-corrected chi connectivity index (χ4v) is 1.73. The van der Waals surface area contributed by atoms with E-state index in [2.05, 4.69) is 0 Å². The van der Waals surface area contributed by atoms with Crippen molar-refractivity contribution in [2.75, 3.05) is 12.3 Å². The Hall–Kier alpha value is -0.740. The predicted octanol–water partition coefficient (Wildman–Crippen LogP) is 1.85. The van der Waals surface area contributed by atoms with Crippen LogP contribution in [0.25, 0.3) is 0 Å². The fourth-order valence-electron chi connectivity index (χ4n) is 0.878. The van der Waals surface area contributed by atoms with Gasteiger partial charge in [-0.25, -0.2) is 4.39 Å². The van der Waals surface area contributed by atoms with Gasteiger partial charge in [0, 0.05) is 22.4 Å². The van der Waals surface area contributed by atoms with Crippen LogP contribution in [0, 0.1) is 5.82 Å². The maximum absolute atomic E-state index is 13.2. The number of anilines is 1. The van der Waals surface area contributed by atoms with E-state index in [9.17, 15) is 4.39 Å². The van der Waals surface area contributed by atoms with E-state index in [1.807, 2.05) is 6.92 Å². The van der Waals surface area contributed by atoms with Crippen LogP contribution in [0.2, 0.25) is 0 Å². The van der Waals surface area contributed by atoms with Crippen LogP contribution in [-0.2, 0) is 0 Å². The molecule has 4 heteroatoms. The third-order valence-corrected chi connectivity index (χ3v) is 2.80. The Bertz CT molecular complexity index is 291. The van der Waals surface area contributed by atoms with Crippen LogP contribution in [0.15, 0.2) is 23.1 Å². The summed E-state index contributed by atoms with van der Waals surface area (Å²) in [4.78, 5) is 0.604. The summed E-state index contributed by atoms with van der Waals surface area (Å²) in [6.07, 6.45) is 0. The summed E-state index contributed by atoms with van der Waals surface area (Å²) in [5.74, 6) is -0.273. The Balaban J connectivity index is 2.77. The molecule has 0 radical (unpaired) electrons. The standard InChI is InChI=1S/C9H13FN2S/c1-6(5-11)13-9-3-2-7(12)4-8(9)10/h2-4,6H,5,11-12H2,1H3. The number of halogens is 1. The summed E-state index contributed by atoms with van der Waals surface area (Å²) in [5.41, 5.74) is 11.3. The van der Waals surface area contributed by atoms with E-state index in [-0.39, 0.29) is 11.1 Å². The molecule has 1 unspecified atom stereocenters. The molecule has 0 bridgehead atoms. The minimum absolute atomic E-state index is 0.220. The Morgan fingerprint density at radius 1 is 1.54 bits per heavy atom. The SMILES string of the molecule is CC(CN)Sc1ccc(N)cc1F. The van der Waals surface area contributed by atoms with Crippen molar-refractivity contribution < 1.29 is 4.39 Å². The molecule has 0 aliphatic heterocycles. The Morgan fingerprint density at radius 3 is 2.77 bits per heavy atom. The normalized spacial score (nSPS) is 12.8. The lowest BCUT2D eigenvalue weighted by atomic mass is 10.3. The molecule has 0 aliphatic rings. The molecule has 0 aromatic heterocycles. The van der Waals surface area contributed by atoms with Gasteiger partial charge in [0.05, 0.1) is 0 Å². The Kier molecular flexibility index (Phi) is 3.57. The number of hydrogen-bond acceptors (Lipinski definition) is 3. The van der Waals surface area contributed by atoms with E-state index in [4.69, 9.17) is 11.5 Å². The van der Waals surface area contributed by atoms with Crippen molar-refractivity contribution in [1.82, 2.24) is 0 Å². The van der Waals surface area contributed by atoms with Gasteiger partial charge < -0.3 is 11.5 Å². The van der Waals surface area contributed by atoms with Crippen LogP contribution in [-0.4, -0.2) is 11.8 Å². The zero-order valence-electron chi connectivity index (χ0n) is 7.46. The summed E-state index contributed by atoms with van der Waals surface area (Å²) >= 11 is 1.42. The van der Waals surface area contributed by atoms with E-state index >= 15 is 0 Å². The molecule has 72 valence electrons. The van der Waals surface area contributed by atoms with Crippen LogP contribution < -0.4 is 11.5 Å². The molecular formula is C9H13FN2S. The third-order valence-electron chi connectivity index (χ3n) is 1.62. The van der Waals surface area contributed by atoms with Crippen molar-refractivity contribution in [1.29, 1.82) is 0 Å². The largest absolute Gasteiger partial charge is 0.399 e. The van der Waals surface area contributed by atoms with Gasteiger partial charge in [0.1, 0.15) is 5.82 Å². The van der Waals surface area contributed by atoms with Gasteiger partial charge in [-0.1, -0.05) is 6.92 Å². The number of nitrogen functional groups attached to an aromatic ring is 1. The van der Waals surface area contributed by atoms with Crippen molar-refractivity contribution in [2.24, 2.45) is 5.73 Å². The second-order valence-corrected chi connectivity index (χ2v) is 4.33. The second-order valence-electron chi connectivity index (χ2n) is 2.85. The first-order valence-electron chi connectivity index (χ1n) is 4.05. The van der Waals surface area contributed by atoms with Crippen molar-refractivity contribution >= 4 is 17.4 Å². The first-order valence-corrected chi connectivity index (χ1v) is 4.93. The maximum atomic E-state index is 13.2. The van der Waals surface area contributed by atoms with Crippen molar-refractivity contribution in [3.63, 3.8) is 0 Å². The molecule has 1 aromatic rings. The number of rotatable bonds is 3. The van der Waals surface area contributed by atoms with Crippen LogP contribution in [0.1, 0.15) is 6.92 Å².